The minimum absolute atomic E-state index is 0.00679. The molecule has 102 valence electrons. The Balaban J connectivity index is 1.84. The van der Waals surface area contributed by atoms with Gasteiger partial charge in [0.15, 0.2) is 5.78 Å². The molecular formula is C17H14F2O. The molecule has 1 saturated carbocycles. The maximum atomic E-state index is 13.7. The zero-order chi connectivity index (χ0) is 14.3. The third kappa shape index (κ3) is 2.24. The Kier molecular flexibility index (Phi) is 3.13. The van der Waals surface area contributed by atoms with Crippen LogP contribution in [0.2, 0.25) is 0 Å². The summed E-state index contributed by atoms with van der Waals surface area (Å²) in [6, 6.07) is 11.8. The average molecular weight is 272 g/mol. The Morgan fingerprint density at radius 2 is 1.80 bits per heavy atom. The SMILES string of the molecule is Cc1cc(C(=O)C2CC2c2ccccc2)c(F)cc1F. The first-order chi connectivity index (χ1) is 9.58. The van der Waals surface area contributed by atoms with Gasteiger partial charge in [0.2, 0.25) is 0 Å². The quantitative estimate of drug-likeness (QED) is 0.763. The zero-order valence-electron chi connectivity index (χ0n) is 11.1. The molecule has 20 heavy (non-hydrogen) atoms. The number of rotatable bonds is 3. The number of Topliss-reactive ketones (excluding diaryl/α,β-unsaturated/α-hetero) is 1. The van der Waals surface area contributed by atoms with Gasteiger partial charge in [-0.2, -0.15) is 0 Å². The Morgan fingerprint density at radius 1 is 1.10 bits per heavy atom. The van der Waals surface area contributed by atoms with Gasteiger partial charge in [0.05, 0.1) is 5.56 Å². The highest BCUT2D eigenvalue weighted by molar-refractivity contribution is 6.00. The number of carbonyl (C=O) groups excluding carboxylic acids is 1. The second-order valence-electron chi connectivity index (χ2n) is 5.30. The highest BCUT2D eigenvalue weighted by Crippen LogP contribution is 2.49. The normalized spacial score (nSPS) is 20.8. The van der Waals surface area contributed by atoms with Crippen molar-refractivity contribution in [2.24, 2.45) is 5.92 Å². The van der Waals surface area contributed by atoms with Crippen molar-refractivity contribution >= 4 is 5.78 Å². The molecule has 1 aliphatic rings. The molecule has 2 aromatic carbocycles. The number of hydrogen-bond donors (Lipinski definition) is 0. The lowest BCUT2D eigenvalue weighted by Gasteiger charge is -2.05. The summed E-state index contributed by atoms with van der Waals surface area (Å²) in [7, 11) is 0. The lowest BCUT2D eigenvalue weighted by atomic mass is 10.0. The van der Waals surface area contributed by atoms with Crippen LogP contribution in [0.4, 0.5) is 8.78 Å². The predicted octanol–water partition coefficient (Wildman–Crippen LogP) is 4.26. The standard InChI is InChI=1S/C17H14F2O/c1-10-7-14(16(19)9-15(10)18)17(20)13-8-12(13)11-5-3-2-4-6-11/h2-7,9,12-13H,8H2,1H3. The molecule has 0 aromatic heterocycles. The van der Waals surface area contributed by atoms with Gasteiger partial charge in [-0.3, -0.25) is 4.79 Å². The van der Waals surface area contributed by atoms with Crippen LogP contribution in [0.5, 0.6) is 0 Å². The third-order valence-electron chi connectivity index (χ3n) is 3.87. The third-order valence-corrected chi connectivity index (χ3v) is 3.87. The van der Waals surface area contributed by atoms with Crippen LogP contribution in [0.3, 0.4) is 0 Å². The van der Waals surface area contributed by atoms with E-state index in [2.05, 4.69) is 0 Å². The largest absolute Gasteiger partial charge is 0.294 e. The summed E-state index contributed by atoms with van der Waals surface area (Å²) in [5.74, 6) is -1.63. The molecule has 2 unspecified atom stereocenters. The fourth-order valence-corrected chi connectivity index (χ4v) is 2.60. The van der Waals surface area contributed by atoms with Gasteiger partial charge in [-0.05, 0) is 36.5 Å². The van der Waals surface area contributed by atoms with Gasteiger partial charge < -0.3 is 0 Å². The number of aryl methyl sites for hydroxylation is 1. The molecule has 0 radical (unpaired) electrons. The summed E-state index contributed by atoms with van der Waals surface area (Å²) in [5, 5.41) is 0. The summed E-state index contributed by atoms with van der Waals surface area (Å²) < 4.78 is 27.0. The van der Waals surface area contributed by atoms with Crippen molar-refractivity contribution in [2.75, 3.05) is 0 Å². The monoisotopic (exact) mass is 272 g/mol. The van der Waals surface area contributed by atoms with Gasteiger partial charge in [0, 0.05) is 12.0 Å². The van der Waals surface area contributed by atoms with E-state index in [0.717, 1.165) is 18.1 Å². The van der Waals surface area contributed by atoms with E-state index in [1.807, 2.05) is 30.3 Å². The highest BCUT2D eigenvalue weighted by atomic mass is 19.1. The lowest BCUT2D eigenvalue weighted by molar-refractivity contribution is 0.0961. The van der Waals surface area contributed by atoms with Crippen LogP contribution in [-0.4, -0.2) is 5.78 Å². The zero-order valence-corrected chi connectivity index (χ0v) is 11.1. The topological polar surface area (TPSA) is 17.1 Å². The van der Waals surface area contributed by atoms with Gasteiger partial charge in [-0.1, -0.05) is 30.3 Å². The number of halogens is 2. The molecule has 0 amide bonds. The van der Waals surface area contributed by atoms with Crippen LogP contribution >= 0.6 is 0 Å². The van der Waals surface area contributed by atoms with E-state index in [0.29, 0.717) is 5.56 Å². The first kappa shape index (κ1) is 13.0. The first-order valence-electron chi connectivity index (χ1n) is 6.62. The van der Waals surface area contributed by atoms with Crippen LogP contribution in [0.1, 0.15) is 33.8 Å². The maximum Gasteiger partial charge on any atom is 0.169 e. The highest BCUT2D eigenvalue weighted by Gasteiger charge is 2.44. The van der Waals surface area contributed by atoms with Crippen molar-refractivity contribution in [3.05, 3.63) is 70.8 Å². The minimum atomic E-state index is -0.767. The van der Waals surface area contributed by atoms with E-state index in [1.54, 1.807) is 0 Å². The number of hydrogen-bond acceptors (Lipinski definition) is 1. The molecule has 0 N–H and O–H groups in total. The number of ketones is 1. The van der Waals surface area contributed by atoms with Crippen LogP contribution in [0.15, 0.2) is 42.5 Å². The Hall–Kier alpha value is -2.03. The summed E-state index contributed by atoms with van der Waals surface area (Å²) in [4.78, 5) is 12.3. The molecule has 0 saturated heterocycles. The molecule has 0 spiro atoms. The van der Waals surface area contributed by atoms with Crippen molar-refractivity contribution in [1.82, 2.24) is 0 Å². The van der Waals surface area contributed by atoms with Crippen LogP contribution in [0, 0.1) is 24.5 Å². The van der Waals surface area contributed by atoms with E-state index < -0.39 is 11.6 Å². The number of benzene rings is 2. The minimum Gasteiger partial charge on any atom is -0.294 e. The molecule has 1 nitrogen and oxygen atoms in total. The lowest BCUT2D eigenvalue weighted by Crippen LogP contribution is -2.07. The molecule has 1 fully saturated rings. The molecule has 3 rings (SSSR count). The Morgan fingerprint density at radius 3 is 2.50 bits per heavy atom. The van der Waals surface area contributed by atoms with Crippen molar-refractivity contribution < 1.29 is 13.6 Å². The second kappa shape index (κ2) is 4.82. The van der Waals surface area contributed by atoms with Crippen LogP contribution in [0.25, 0.3) is 0 Å². The molecule has 0 heterocycles. The predicted molar refractivity (Wildman–Crippen MR) is 72.7 cm³/mol. The van der Waals surface area contributed by atoms with Gasteiger partial charge in [0.25, 0.3) is 0 Å². The molecule has 2 aromatic rings. The molecule has 3 heteroatoms. The van der Waals surface area contributed by atoms with E-state index in [1.165, 1.54) is 13.0 Å². The van der Waals surface area contributed by atoms with Gasteiger partial charge in [-0.15, -0.1) is 0 Å². The summed E-state index contributed by atoms with van der Waals surface area (Å²) in [6.45, 7) is 1.53. The Labute approximate surface area is 116 Å². The fourth-order valence-electron chi connectivity index (χ4n) is 2.60. The smallest absolute Gasteiger partial charge is 0.169 e. The van der Waals surface area contributed by atoms with E-state index >= 15 is 0 Å². The first-order valence-corrected chi connectivity index (χ1v) is 6.62. The van der Waals surface area contributed by atoms with E-state index in [-0.39, 0.29) is 23.2 Å². The molecule has 0 bridgehead atoms. The molecular weight excluding hydrogens is 258 g/mol. The van der Waals surface area contributed by atoms with E-state index in [4.69, 9.17) is 0 Å². The van der Waals surface area contributed by atoms with Crippen molar-refractivity contribution in [3.63, 3.8) is 0 Å². The van der Waals surface area contributed by atoms with Gasteiger partial charge in [-0.25, -0.2) is 8.78 Å². The molecule has 0 aliphatic heterocycles. The second-order valence-corrected chi connectivity index (χ2v) is 5.30. The van der Waals surface area contributed by atoms with Crippen LogP contribution in [-0.2, 0) is 0 Å². The molecule has 2 atom stereocenters. The van der Waals surface area contributed by atoms with Crippen molar-refractivity contribution in [1.29, 1.82) is 0 Å². The summed E-state index contributed by atoms with van der Waals surface area (Å²) in [6.07, 6.45) is 0.735. The summed E-state index contributed by atoms with van der Waals surface area (Å²) >= 11 is 0. The van der Waals surface area contributed by atoms with E-state index in [9.17, 15) is 13.6 Å². The fraction of sp³-hybridized carbons (Fsp3) is 0.235. The van der Waals surface area contributed by atoms with Crippen molar-refractivity contribution in [2.45, 2.75) is 19.3 Å². The van der Waals surface area contributed by atoms with Gasteiger partial charge >= 0.3 is 0 Å². The van der Waals surface area contributed by atoms with Gasteiger partial charge in [0.1, 0.15) is 11.6 Å². The summed E-state index contributed by atoms with van der Waals surface area (Å²) in [5.41, 5.74) is 1.41. The van der Waals surface area contributed by atoms with Crippen molar-refractivity contribution in [3.8, 4) is 0 Å². The average Bonchev–Trinajstić information content (AvgIpc) is 3.23. The van der Waals surface area contributed by atoms with Crippen LogP contribution < -0.4 is 0 Å². The number of carbonyl (C=O) groups is 1. The Bertz CT molecular complexity index is 664. The maximum absolute atomic E-state index is 13.7. The molecule has 1 aliphatic carbocycles.